The van der Waals surface area contributed by atoms with Gasteiger partial charge in [-0.2, -0.15) is 0 Å². The molecule has 13 heavy (non-hydrogen) atoms. The van der Waals surface area contributed by atoms with Crippen LogP contribution in [0.3, 0.4) is 0 Å². The van der Waals surface area contributed by atoms with Crippen LogP contribution in [0.5, 0.6) is 0 Å². The third kappa shape index (κ3) is 3.96. The molecule has 0 saturated carbocycles. The van der Waals surface area contributed by atoms with Crippen LogP contribution in [0.25, 0.3) is 0 Å². The lowest BCUT2D eigenvalue weighted by atomic mass is 10.4. The molecule has 1 aromatic rings. The van der Waals surface area contributed by atoms with Gasteiger partial charge in [-0.3, -0.25) is 4.79 Å². The summed E-state index contributed by atoms with van der Waals surface area (Å²) in [6.45, 7) is 0.0412. The van der Waals surface area contributed by atoms with E-state index >= 15 is 0 Å². The highest BCUT2D eigenvalue weighted by molar-refractivity contribution is 7.97. The second-order valence-electron chi connectivity index (χ2n) is 2.58. The maximum Gasteiger partial charge on any atom is 0.318 e. The number of hydrogen-bond donors (Lipinski definition) is 1. The van der Waals surface area contributed by atoms with Crippen molar-refractivity contribution in [2.75, 3.05) is 13.6 Å². The fourth-order valence-corrected chi connectivity index (χ4v) is 1.70. The molecule has 0 saturated heterocycles. The van der Waals surface area contributed by atoms with Crippen LogP contribution in [0.15, 0.2) is 35.2 Å². The smallest absolute Gasteiger partial charge is 0.318 e. The molecule has 0 aromatic heterocycles. The molecule has 4 heteroatoms. The van der Waals surface area contributed by atoms with E-state index in [-0.39, 0.29) is 6.54 Å². The van der Waals surface area contributed by atoms with Crippen molar-refractivity contribution < 1.29 is 9.90 Å². The summed E-state index contributed by atoms with van der Waals surface area (Å²) in [4.78, 5) is 11.4. The molecule has 0 heterocycles. The Morgan fingerprint density at radius 3 is 2.62 bits per heavy atom. The van der Waals surface area contributed by atoms with Gasteiger partial charge in [0.25, 0.3) is 0 Å². The van der Waals surface area contributed by atoms with Crippen molar-refractivity contribution in [3.8, 4) is 0 Å². The first-order chi connectivity index (χ1) is 6.18. The minimum atomic E-state index is -0.814. The third-order valence-electron chi connectivity index (χ3n) is 1.36. The number of benzene rings is 1. The normalized spacial score (nSPS) is 10.3. The van der Waals surface area contributed by atoms with Crippen LogP contribution in [0.4, 0.5) is 0 Å². The average Bonchev–Trinajstić information content (AvgIpc) is 2.04. The number of rotatable bonds is 4. The number of likely N-dealkylation sites (N-methyl/N-ethyl adjacent to an activating group) is 1. The van der Waals surface area contributed by atoms with Crippen molar-refractivity contribution in [1.82, 2.24) is 4.31 Å². The summed E-state index contributed by atoms with van der Waals surface area (Å²) in [7, 11) is 1.76. The first kappa shape index (κ1) is 10.1. The highest BCUT2D eigenvalue weighted by atomic mass is 32.2. The van der Waals surface area contributed by atoms with E-state index in [9.17, 15) is 4.79 Å². The number of hydrogen-bond acceptors (Lipinski definition) is 3. The Morgan fingerprint density at radius 1 is 1.46 bits per heavy atom. The maximum atomic E-state index is 10.3. The average molecular weight is 197 g/mol. The van der Waals surface area contributed by atoms with Crippen LogP contribution in [-0.4, -0.2) is 29.0 Å². The molecule has 1 aromatic carbocycles. The number of carbonyl (C=O) groups is 1. The SMILES string of the molecule is CN(CC(=O)O)Sc1ccccc1. The van der Waals surface area contributed by atoms with Crippen molar-refractivity contribution in [3.63, 3.8) is 0 Å². The van der Waals surface area contributed by atoms with Gasteiger partial charge in [0.2, 0.25) is 0 Å². The summed E-state index contributed by atoms with van der Waals surface area (Å²) in [6.07, 6.45) is 0. The zero-order valence-electron chi connectivity index (χ0n) is 7.30. The minimum Gasteiger partial charge on any atom is -0.480 e. The molecule has 1 N–H and O–H groups in total. The van der Waals surface area contributed by atoms with Crippen LogP contribution < -0.4 is 0 Å². The second kappa shape index (κ2) is 4.89. The fourth-order valence-electron chi connectivity index (χ4n) is 0.884. The van der Waals surface area contributed by atoms with E-state index in [1.54, 1.807) is 11.4 Å². The molecule has 0 aliphatic carbocycles. The van der Waals surface area contributed by atoms with E-state index in [4.69, 9.17) is 5.11 Å². The van der Waals surface area contributed by atoms with Gasteiger partial charge >= 0.3 is 5.97 Å². The quantitative estimate of drug-likeness (QED) is 0.746. The van der Waals surface area contributed by atoms with Gasteiger partial charge < -0.3 is 5.11 Å². The first-order valence-corrected chi connectivity index (χ1v) is 4.62. The standard InChI is InChI=1S/C9H11NO2S/c1-10(7-9(11)12)13-8-5-3-2-4-6-8/h2-6H,7H2,1H3,(H,11,12). The van der Waals surface area contributed by atoms with Gasteiger partial charge in [0.1, 0.15) is 6.54 Å². The van der Waals surface area contributed by atoms with Crippen molar-refractivity contribution >= 4 is 17.9 Å². The van der Waals surface area contributed by atoms with Crippen LogP contribution in [0, 0.1) is 0 Å². The van der Waals surface area contributed by atoms with Gasteiger partial charge in [-0.05, 0) is 31.1 Å². The predicted molar refractivity (Wildman–Crippen MR) is 52.6 cm³/mol. The Labute approximate surface area is 81.5 Å². The molecule has 3 nitrogen and oxygen atoms in total. The van der Waals surface area contributed by atoms with E-state index < -0.39 is 5.97 Å². The Morgan fingerprint density at radius 2 is 2.08 bits per heavy atom. The summed E-state index contributed by atoms with van der Waals surface area (Å²) in [6, 6.07) is 9.68. The van der Waals surface area contributed by atoms with Crippen LogP contribution in [0.2, 0.25) is 0 Å². The Bertz CT molecular complexity index is 276. The lowest BCUT2D eigenvalue weighted by Crippen LogP contribution is -2.18. The molecule has 0 aliphatic rings. The van der Waals surface area contributed by atoms with E-state index in [1.165, 1.54) is 11.9 Å². The number of carboxylic acid groups (broad SMARTS) is 1. The number of carboxylic acids is 1. The molecule has 0 atom stereocenters. The summed E-state index contributed by atoms with van der Waals surface area (Å²) in [5, 5.41) is 8.51. The lowest BCUT2D eigenvalue weighted by molar-refractivity contribution is -0.136. The van der Waals surface area contributed by atoms with Crippen LogP contribution in [-0.2, 0) is 4.79 Å². The zero-order chi connectivity index (χ0) is 9.68. The maximum absolute atomic E-state index is 10.3. The molecule has 0 radical (unpaired) electrons. The van der Waals surface area contributed by atoms with Crippen molar-refractivity contribution in [3.05, 3.63) is 30.3 Å². The summed E-state index contributed by atoms with van der Waals surface area (Å²) < 4.78 is 1.68. The van der Waals surface area contributed by atoms with E-state index in [0.29, 0.717) is 0 Å². The summed E-state index contributed by atoms with van der Waals surface area (Å²) in [5.41, 5.74) is 0. The molecule has 0 fully saturated rings. The van der Waals surface area contributed by atoms with Crippen LogP contribution >= 0.6 is 11.9 Å². The van der Waals surface area contributed by atoms with E-state index in [2.05, 4.69) is 0 Å². The monoisotopic (exact) mass is 197 g/mol. The number of nitrogens with zero attached hydrogens (tertiary/aromatic N) is 1. The second-order valence-corrected chi connectivity index (χ2v) is 3.86. The van der Waals surface area contributed by atoms with E-state index in [0.717, 1.165) is 4.90 Å². The molecule has 0 bridgehead atoms. The zero-order valence-corrected chi connectivity index (χ0v) is 8.12. The molecule has 0 amide bonds. The summed E-state index contributed by atoms with van der Waals surface area (Å²) in [5.74, 6) is -0.814. The Hall–Kier alpha value is -1.00. The fraction of sp³-hybridized carbons (Fsp3) is 0.222. The third-order valence-corrected chi connectivity index (χ3v) is 2.29. The Kier molecular flexibility index (Phi) is 3.79. The van der Waals surface area contributed by atoms with Gasteiger partial charge in [0, 0.05) is 4.90 Å². The van der Waals surface area contributed by atoms with Crippen LogP contribution in [0.1, 0.15) is 0 Å². The molecule has 0 aliphatic heterocycles. The van der Waals surface area contributed by atoms with E-state index in [1.807, 2.05) is 30.3 Å². The highest BCUT2D eigenvalue weighted by Crippen LogP contribution is 2.19. The lowest BCUT2D eigenvalue weighted by Gasteiger charge is -2.11. The van der Waals surface area contributed by atoms with Gasteiger partial charge in [-0.1, -0.05) is 18.2 Å². The molecule has 0 spiro atoms. The van der Waals surface area contributed by atoms with Gasteiger partial charge in [-0.15, -0.1) is 0 Å². The van der Waals surface area contributed by atoms with Gasteiger partial charge in [0.15, 0.2) is 0 Å². The van der Waals surface area contributed by atoms with Crippen molar-refractivity contribution in [2.45, 2.75) is 4.90 Å². The highest BCUT2D eigenvalue weighted by Gasteiger charge is 2.04. The minimum absolute atomic E-state index is 0.0412. The number of aliphatic carboxylic acids is 1. The topological polar surface area (TPSA) is 40.5 Å². The molecule has 70 valence electrons. The molecular weight excluding hydrogens is 186 g/mol. The van der Waals surface area contributed by atoms with Gasteiger partial charge in [0.05, 0.1) is 0 Å². The van der Waals surface area contributed by atoms with Crippen molar-refractivity contribution in [2.24, 2.45) is 0 Å². The molecule has 1 rings (SSSR count). The first-order valence-electron chi connectivity index (χ1n) is 3.84. The van der Waals surface area contributed by atoms with Gasteiger partial charge in [-0.25, -0.2) is 4.31 Å². The molecular formula is C9H11NO2S. The summed E-state index contributed by atoms with van der Waals surface area (Å²) >= 11 is 1.42. The molecule has 0 unspecified atom stereocenters. The largest absolute Gasteiger partial charge is 0.480 e. The van der Waals surface area contributed by atoms with Crippen molar-refractivity contribution in [1.29, 1.82) is 0 Å². The Balaban J connectivity index is 2.45. The predicted octanol–water partition coefficient (Wildman–Crippen LogP) is 1.71.